The van der Waals surface area contributed by atoms with Crippen LogP contribution in [0.5, 0.6) is 0 Å². The van der Waals surface area contributed by atoms with Gasteiger partial charge in [0.2, 0.25) is 0 Å². The van der Waals surface area contributed by atoms with Crippen molar-refractivity contribution in [2.75, 3.05) is 11.4 Å². The maximum absolute atomic E-state index is 11.7. The Hall–Kier alpha value is -3.71. The summed E-state index contributed by atoms with van der Waals surface area (Å²) >= 11 is 0. The van der Waals surface area contributed by atoms with Gasteiger partial charge < -0.3 is 20.4 Å². The van der Waals surface area contributed by atoms with Gasteiger partial charge in [0, 0.05) is 30.6 Å². The van der Waals surface area contributed by atoms with E-state index in [1.807, 2.05) is 0 Å². The van der Waals surface area contributed by atoms with Gasteiger partial charge in [0.05, 0.1) is 34.2 Å². The van der Waals surface area contributed by atoms with Crippen molar-refractivity contribution in [2.24, 2.45) is 0 Å². The summed E-state index contributed by atoms with van der Waals surface area (Å²) in [6.07, 6.45) is 2.08. The van der Waals surface area contributed by atoms with E-state index in [0.29, 0.717) is 16.7 Å². The number of aliphatic hydroxyl groups is 1. The Morgan fingerprint density at radius 1 is 1.43 bits per heavy atom. The minimum Gasteiger partial charge on any atom is -0.465 e. The molecule has 2 heterocycles. The van der Waals surface area contributed by atoms with Gasteiger partial charge >= 0.3 is 6.09 Å². The van der Waals surface area contributed by atoms with E-state index in [9.17, 15) is 25.3 Å². The maximum atomic E-state index is 11.7. The molecule has 3 rings (SSSR count). The van der Waals surface area contributed by atoms with Crippen molar-refractivity contribution in [1.29, 1.82) is 5.26 Å². The van der Waals surface area contributed by atoms with Crippen molar-refractivity contribution >= 4 is 17.5 Å². The van der Waals surface area contributed by atoms with Crippen molar-refractivity contribution in [1.82, 2.24) is 10.3 Å². The first-order chi connectivity index (χ1) is 14.1. The summed E-state index contributed by atoms with van der Waals surface area (Å²) in [5.41, 5.74) is 0.277. The van der Waals surface area contributed by atoms with Gasteiger partial charge in [-0.3, -0.25) is 15.1 Å². The SMILES string of the molecule is CC(C)(O)[C@@H]1C[C@H](NC(=O)O)CN1c1cc(-c2cnccc2C#N)ccc1[N+](=O)[O-]. The fraction of sp³-hybridized carbons (Fsp3) is 0.350. The van der Waals surface area contributed by atoms with Crippen molar-refractivity contribution in [3.8, 4) is 17.2 Å². The Morgan fingerprint density at radius 3 is 2.77 bits per heavy atom. The molecule has 0 radical (unpaired) electrons. The van der Waals surface area contributed by atoms with Crippen molar-refractivity contribution in [2.45, 2.75) is 38.0 Å². The van der Waals surface area contributed by atoms with Crippen LogP contribution in [0.1, 0.15) is 25.8 Å². The molecule has 10 nitrogen and oxygen atoms in total. The lowest BCUT2D eigenvalue weighted by Crippen LogP contribution is -2.46. The summed E-state index contributed by atoms with van der Waals surface area (Å²) in [6.45, 7) is 3.32. The number of rotatable bonds is 5. The summed E-state index contributed by atoms with van der Waals surface area (Å²) in [4.78, 5) is 28.0. The first-order valence-corrected chi connectivity index (χ1v) is 9.23. The average Bonchev–Trinajstić information content (AvgIpc) is 3.11. The molecule has 0 spiro atoms. The van der Waals surface area contributed by atoms with Crippen LogP contribution in [0, 0.1) is 21.4 Å². The first kappa shape index (κ1) is 21.0. The molecule has 0 bridgehead atoms. The third-order valence-corrected chi connectivity index (χ3v) is 5.18. The number of hydrogen-bond donors (Lipinski definition) is 3. The Balaban J connectivity index is 2.13. The van der Waals surface area contributed by atoms with Crippen LogP contribution in [-0.4, -0.2) is 50.4 Å². The molecule has 1 fully saturated rings. The van der Waals surface area contributed by atoms with E-state index in [0.717, 1.165) is 0 Å². The smallest absolute Gasteiger partial charge is 0.404 e. The van der Waals surface area contributed by atoms with E-state index >= 15 is 0 Å². The van der Waals surface area contributed by atoms with E-state index in [4.69, 9.17) is 5.11 Å². The third kappa shape index (κ3) is 4.16. The topological polar surface area (TPSA) is 153 Å². The molecule has 156 valence electrons. The monoisotopic (exact) mass is 411 g/mol. The summed E-state index contributed by atoms with van der Waals surface area (Å²) in [5, 5.41) is 43.2. The van der Waals surface area contributed by atoms with E-state index in [-0.39, 0.29) is 24.3 Å². The zero-order valence-electron chi connectivity index (χ0n) is 16.4. The van der Waals surface area contributed by atoms with Gasteiger partial charge in [0.15, 0.2) is 0 Å². The normalized spacial score (nSPS) is 18.7. The number of benzene rings is 1. The van der Waals surface area contributed by atoms with E-state index in [1.54, 1.807) is 36.9 Å². The molecule has 1 aliphatic rings. The maximum Gasteiger partial charge on any atom is 0.404 e. The second-order valence-corrected chi connectivity index (χ2v) is 7.70. The standard InChI is InChI=1S/C20H21N5O5/c1-20(2,28)18-8-14(23-19(26)27)11-24(18)17-7-12(3-4-16(17)25(29)30)15-10-22-6-5-13(15)9-21/h3-7,10,14,18,23,28H,8,11H2,1-2H3,(H,26,27)/t14-,18-/m0/s1. The van der Waals surface area contributed by atoms with E-state index in [2.05, 4.69) is 16.4 Å². The molecule has 2 aromatic rings. The van der Waals surface area contributed by atoms with Gasteiger partial charge in [0.1, 0.15) is 5.69 Å². The lowest BCUT2D eigenvalue weighted by atomic mass is 9.94. The fourth-order valence-corrected chi connectivity index (χ4v) is 3.85. The summed E-state index contributed by atoms with van der Waals surface area (Å²) in [5.74, 6) is 0. The van der Waals surface area contributed by atoms with Crippen LogP contribution in [0.25, 0.3) is 11.1 Å². The minimum absolute atomic E-state index is 0.156. The summed E-state index contributed by atoms with van der Waals surface area (Å²) in [7, 11) is 0. The Morgan fingerprint density at radius 2 is 2.17 bits per heavy atom. The highest BCUT2D eigenvalue weighted by Crippen LogP contribution is 2.40. The summed E-state index contributed by atoms with van der Waals surface area (Å²) in [6, 6.07) is 7.04. The number of aromatic nitrogens is 1. The number of amides is 1. The highest BCUT2D eigenvalue weighted by atomic mass is 16.6. The van der Waals surface area contributed by atoms with Crippen molar-refractivity contribution in [3.63, 3.8) is 0 Å². The number of nitro groups is 1. The molecule has 2 atom stereocenters. The number of anilines is 1. The molecule has 1 amide bonds. The summed E-state index contributed by atoms with van der Waals surface area (Å²) < 4.78 is 0. The van der Waals surface area contributed by atoms with Crippen molar-refractivity contribution < 1.29 is 19.9 Å². The molecule has 10 heteroatoms. The van der Waals surface area contributed by atoms with Crippen LogP contribution >= 0.6 is 0 Å². The molecule has 30 heavy (non-hydrogen) atoms. The largest absolute Gasteiger partial charge is 0.465 e. The van der Waals surface area contributed by atoms with Crippen LogP contribution in [0.3, 0.4) is 0 Å². The molecular formula is C20H21N5O5. The van der Waals surface area contributed by atoms with Gasteiger partial charge in [-0.1, -0.05) is 0 Å². The lowest BCUT2D eigenvalue weighted by molar-refractivity contribution is -0.384. The minimum atomic E-state index is -1.25. The molecule has 1 saturated heterocycles. The second kappa shape index (κ2) is 7.96. The van der Waals surface area contributed by atoms with Crippen LogP contribution in [0.2, 0.25) is 0 Å². The number of nitrogens with zero attached hydrogens (tertiary/aromatic N) is 4. The molecular weight excluding hydrogens is 390 g/mol. The van der Waals surface area contributed by atoms with Crippen molar-refractivity contribution in [3.05, 3.63) is 52.3 Å². The van der Waals surface area contributed by atoms with Gasteiger partial charge in [0.25, 0.3) is 5.69 Å². The van der Waals surface area contributed by atoms with Crippen LogP contribution in [-0.2, 0) is 0 Å². The highest BCUT2D eigenvalue weighted by molar-refractivity contribution is 5.78. The molecule has 1 aromatic heterocycles. The quantitative estimate of drug-likeness (QED) is 0.501. The second-order valence-electron chi connectivity index (χ2n) is 7.70. The number of hydrogen-bond acceptors (Lipinski definition) is 7. The van der Waals surface area contributed by atoms with Gasteiger partial charge in [-0.05, 0) is 44.0 Å². The number of nitrogens with one attached hydrogen (secondary N) is 1. The number of nitro benzene ring substituents is 1. The Kier molecular flexibility index (Phi) is 5.58. The Bertz CT molecular complexity index is 1030. The predicted molar refractivity (Wildman–Crippen MR) is 108 cm³/mol. The molecule has 0 saturated carbocycles. The van der Waals surface area contributed by atoms with Crippen LogP contribution in [0.4, 0.5) is 16.2 Å². The van der Waals surface area contributed by atoms with Gasteiger partial charge in [-0.25, -0.2) is 4.79 Å². The molecule has 3 N–H and O–H groups in total. The predicted octanol–water partition coefficient (Wildman–Crippen LogP) is 2.51. The number of pyridine rings is 1. The number of nitriles is 1. The van der Waals surface area contributed by atoms with Crippen LogP contribution < -0.4 is 10.2 Å². The fourth-order valence-electron chi connectivity index (χ4n) is 3.85. The molecule has 0 unspecified atom stereocenters. The van der Waals surface area contributed by atoms with E-state index in [1.165, 1.54) is 18.5 Å². The number of carbonyl (C=O) groups is 1. The molecule has 1 aromatic carbocycles. The zero-order chi connectivity index (χ0) is 22.1. The van der Waals surface area contributed by atoms with Crippen LogP contribution in [0.15, 0.2) is 36.7 Å². The first-order valence-electron chi connectivity index (χ1n) is 9.23. The van der Waals surface area contributed by atoms with Gasteiger partial charge in [-0.15, -0.1) is 0 Å². The number of carboxylic acid groups (broad SMARTS) is 1. The highest BCUT2D eigenvalue weighted by Gasteiger charge is 2.43. The average molecular weight is 411 g/mol. The van der Waals surface area contributed by atoms with E-state index < -0.39 is 28.7 Å². The zero-order valence-corrected chi connectivity index (χ0v) is 16.4. The van der Waals surface area contributed by atoms with Gasteiger partial charge in [-0.2, -0.15) is 5.26 Å². The molecule has 1 aliphatic heterocycles. The molecule has 0 aliphatic carbocycles. The third-order valence-electron chi connectivity index (χ3n) is 5.18. The lowest BCUT2D eigenvalue weighted by Gasteiger charge is -2.34. The Labute approximate surface area is 172 Å².